The standard InChI is InChI=1S/C14H20N2O/c1-16-8-11(9-16)10-17-13-4-5-14-12(7-13)3-2-6-15-14/h4-5,7,11,15H,2-3,6,8-10H2,1H3. The van der Waals surface area contributed by atoms with E-state index in [1.807, 2.05) is 0 Å². The molecule has 0 unspecified atom stereocenters. The number of aryl methyl sites for hydroxylation is 1. The molecule has 1 aromatic rings. The van der Waals surface area contributed by atoms with Gasteiger partial charge in [0, 0.05) is 31.2 Å². The number of likely N-dealkylation sites (tertiary alicyclic amines) is 1. The van der Waals surface area contributed by atoms with E-state index in [9.17, 15) is 0 Å². The van der Waals surface area contributed by atoms with E-state index in [1.165, 1.54) is 37.2 Å². The molecule has 3 heteroatoms. The Kier molecular flexibility index (Phi) is 2.93. The van der Waals surface area contributed by atoms with Crippen LogP contribution in [0.1, 0.15) is 12.0 Å². The number of nitrogens with zero attached hydrogens (tertiary/aromatic N) is 1. The maximum absolute atomic E-state index is 5.87. The molecular weight excluding hydrogens is 212 g/mol. The van der Waals surface area contributed by atoms with Gasteiger partial charge >= 0.3 is 0 Å². The van der Waals surface area contributed by atoms with Crippen LogP contribution >= 0.6 is 0 Å². The summed E-state index contributed by atoms with van der Waals surface area (Å²) >= 11 is 0. The number of rotatable bonds is 3. The van der Waals surface area contributed by atoms with E-state index in [4.69, 9.17) is 4.74 Å². The Hall–Kier alpha value is -1.22. The van der Waals surface area contributed by atoms with Crippen LogP contribution in [0.2, 0.25) is 0 Å². The minimum atomic E-state index is 0.717. The third-order valence-electron chi connectivity index (χ3n) is 3.64. The predicted molar refractivity (Wildman–Crippen MR) is 69.7 cm³/mol. The van der Waals surface area contributed by atoms with Gasteiger partial charge in [-0.1, -0.05) is 0 Å². The molecule has 0 amide bonds. The zero-order valence-corrected chi connectivity index (χ0v) is 10.4. The molecule has 0 spiro atoms. The molecule has 0 saturated carbocycles. The monoisotopic (exact) mass is 232 g/mol. The van der Waals surface area contributed by atoms with Gasteiger partial charge in [-0.05, 0) is 43.7 Å². The molecule has 2 aliphatic heterocycles. The van der Waals surface area contributed by atoms with E-state index in [-0.39, 0.29) is 0 Å². The van der Waals surface area contributed by atoms with Crippen molar-refractivity contribution in [2.45, 2.75) is 12.8 Å². The van der Waals surface area contributed by atoms with Gasteiger partial charge in [-0.2, -0.15) is 0 Å². The van der Waals surface area contributed by atoms with Gasteiger partial charge in [-0.3, -0.25) is 0 Å². The summed E-state index contributed by atoms with van der Waals surface area (Å²) in [7, 11) is 2.15. The number of ether oxygens (including phenoxy) is 1. The molecule has 0 atom stereocenters. The van der Waals surface area contributed by atoms with Gasteiger partial charge in [0.25, 0.3) is 0 Å². The summed E-state index contributed by atoms with van der Waals surface area (Å²) in [6.07, 6.45) is 2.40. The van der Waals surface area contributed by atoms with E-state index in [1.54, 1.807) is 0 Å². The molecular formula is C14H20N2O. The quantitative estimate of drug-likeness (QED) is 0.862. The Morgan fingerprint density at radius 3 is 3.12 bits per heavy atom. The van der Waals surface area contributed by atoms with E-state index >= 15 is 0 Å². The van der Waals surface area contributed by atoms with Gasteiger partial charge in [0.05, 0.1) is 6.61 Å². The molecule has 2 heterocycles. The number of nitrogens with one attached hydrogen (secondary N) is 1. The lowest BCUT2D eigenvalue weighted by Gasteiger charge is -2.35. The lowest BCUT2D eigenvalue weighted by Crippen LogP contribution is -2.46. The molecule has 17 heavy (non-hydrogen) atoms. The summed E-state index contributed by atoms with van der Waals surface area (Å²) in [5, 5.41) is 3.42. The SMILES string of the molecule is CN1CC(COc2ccc3c(c2)CCCN3)C1. The van der Waals surface area contributed by atoms with Crippen LogP contribution in [-0.4, -0.2) is 38.2 Å². The fourth-order valence-electron chi connectivity index (χ4n) is 2.69. The minimum absolute atomic E-state index is 0.717. The summed E-state index contributed by atoms with van der Waals surface area (Å²) in [6, 6.07) is 6.43. The first kappa shape index (κ1) is 10.9. The summed E-state index contributed by atoms with van der Waals surface area (Å²) in [4.78, 5) is 2.32. The van der Waals surface area contributed by atoms with Crippen molar-refractivity contribution < 1.29 is 4.74 Å². The first-order valence-corrected chi connectivity index (χ1v) is 6.49. The maximum atomic E-state index is 5.87. The zero-order valence-electron chi connectivity index (χ0n) is 10.4. The first-order chi connectivity index (χ1) is 8.31. The van der Waals surface area contributed by atoms with E-state index in [0.29, 0.717) is 5.92 Å². The highest BCUT2D eigenvalue weighted by molar-refractivity contribution is 5.55. The molecule has 0 aromatic heterocycles. The number of hydrogen-bond donors (Lipinski definition) is 1. The van der Waals surface area contributed by atoms with Crippen LogP contribution in [0, 0.1) is 5.92 Å². The van der Waals surface area contributed by atoms with E-state index in [0.717, 1.165) is 18.9 Å². The second-order valence-corrected chi connectivity index (χ2v) is 5.25. The smallest absolute Gasteiger partial charge is 0.119 e. The molecule has 3 nitrogen and oxygen atoms in total. The summed E-state index contributed by atoms with van der Waals surface area (Å²) in [6.45, 7) is 4.30. The average molecular weight is 232 g/mol. The van der Waals surface area contributed by atoms with Gasteiger partial charge in [0.2, 0.25) is 0 Å². The average Bonchev–Trinajstić information content (AvgIpc) is 2.33. The molecule has 1 aromatic carbocycles. The molecule has 0 bridgehead atoms. The van der Waals surface area contributed by atoms with Gasteiger partial charge in [0.15, 0.2) is 0 Å². The summed E-state index contributed by atoms with van der Waals surface area (Å²) in [5.74, 6) is 1.75. The summed E-state index contributed by atoms with van der Waals surface area (Å²) < 4.78 is 5.87. The second-order valence-electron chi connectivity index (χ2n) is 5.25. The Labute approximate surface area is 103 Å². The molecule has 2 aliphatic rings. The molecule has 0 radical (unpaired) electrons. The maximum Gasteiger partial charge on any atom is 0.119 e. The molecule has 0 aliphatic carbocycles. The zero-order chi connectivity index (χ0) is 11.7. The van der Waals surface area contributed by atoms with Gasteiger partial charge in [0.1, 0.15) is 5.75 Å². The highest BCUT2D eigenvalue weighted by Crippen LogP contribution is 2.27. The summed E-state index contributed by atoms with van der Waals surface area (Å²) in [5.41, 5.74) is 2.69. The van der Waals surface area contributed by atoms with Crippen LogP contribution in [0.4, 0.5) is 5.69 Å². The van der Waals surface area contributed by atoms with Crippen LogP contribution in [0.25, 0.3) is 0 Å². The van der Waals surface area contributed by atoms with Crippen LogP contribution in [0.15, 0.2) is 18.2 Å². The van der Waals surface area contributed by atoms with E-state index < -0.39 is 0 Å². The highest BCUT2D eigenvalue weighted by atomic mass is 16.5. The number of benzene rings is 1. The van der Waals surface area contributed by atoms with Gasteiger partial charge in [-0.25, -0.2) is 0 Å². The van der Waals surface area contributed by atoms with E-state index in [2.05, 4.69) is 35.5 Å². The molecule has 1 fully saturated rings. The first-order valence-electron chi connectivity index (χ1n) is 6.49. The van der Waals surface area contributed by atoms with Crippen molar-refractivity contribution in [2.24, 2.45) is 5.92 Å². The topological polar surface area (TPSA) is 24.5 Å². The third-order valence-corrected chi connectivity index (χ3v) is 3.64. The third kappa shape index (κ3) is 2.39. The fraction of sp³-hybridized carbons (Fsp3) is 0.571. The Balaban J connectivity index is 1.59. The Bertz CT molecular complexity index is 399. The lowest BCUT2D eigenvalue weighted by molar-refractivity contribution is 0.0857. The van der Waals surface area contributed by atoms with Crippen molar-refractivity contribution >= 4 is 5.69 Å². The van der Waals surface area contributed by atoms with Crippen LogP contribution in [0.3, 0.4) is 0 Å². The van der Waals surface area contributed by atoms with Crippen molar-refractivity contribution in [3.8, 4) is 5.75 Å². The molecule has 1 N–H and O–H groups in total. The van der Waals surface area contributed by atoms with Crippen molar-refractivity contribution in [3.05, 3.63) is 23.8 Å². The van der Waals surface area contributed by atoms with Crippen molar-refractivity contribution in [1.82, 2.24) is 4.90 Å². The minimum Gasteiger partial charge on any atom is -0.493 e. The fourth-order valence-corrected chi connectivity index (χ4v) is 2.69. The van der Waals surface area contributed by atoms with Crippen LogP contribution in [-0.2, 0) is 6.42 Å². The lowest BCUT2D eigenvalue weighted by atomic mass is 10.0. The second kappa shape index (κ2) is 4.57. The van der Waals surface area contributed by atoms with Crippen LogP contribution in [0.5, 0.6) is 5.75 Å². The van der Waals surface area contributed by atoms with Gasteiger partial charge < -0.3 is 15.0 Å². The molecule has 92 valence electrons. The normalized spacial score (nSPS) is 20.3. The van der Waals surface area contributed by atoms with Crippen molar-refractivity contribution in [1.29, 1.82) is 0 Å². The number of fused-ring (bicyclic) bond motifs is 1. The molecule has 1 saturated heterocycles. The highest BCUT2D eigenvalue weighted by Gasteiger charge is 2.23. The molecule has 3 rings (SSSR count). The number of hydrogen-bond acceptors (Lipinski definition) is 3. The number of anilines is 1. The largest absolute Gasteiger partial charge is 0.493 e. The Morgan fingerprint density at radius 1 is 1.41 bits per heavy atom. The Morgan fingerprint density at radius 2 is 2.29 bits per heavy atom. The van der Waals surface area contributed by atoms with Crippen molar-refractivity contribution in [3.63, 3.8) is 0 Å². The van der Waals surface area contributed by atoms with Crippen molar-refractivity contribution in [2.75, 3.05) is 38.6 Å². The predicted octanol–water partition coefficient (Wildman–Crippen LogP) is 1.99. The van der Waals surface area contributed by atoms with Gasteiger partial charge in [-0.15, -0.1) is 0 Å². The van der Waals surface area contributed by atoms with Crippen LogP contribution < -0.4 is 10.1 Å².